The van der Waals surface area contributed by atoms with Crippen LogP contribution in [0.25, 0.3) is 0 Å². The first-order valence-electron chi connectivity index (χ1n) is 11.7. The molecule has 258 valence electrons. The van der Waals surface area contributed by atoms with Gasteiger partial charge < -0.3 is 4.74 Å². The average Bonchev–Trinajstić information content (AvgIpc) is 2.85. The number of halogens is 20. The zero-order valence-corrected chi connectivity index (χ0v) is 21.3. The third-order valence-corrected chi connectivity index (χ3v) is 5.92. The number of carbonyl (C=O) groups excluding carboxylic acids is 1. The second-order valence-corrected chi connectivity index (χ2v) is 9.18. The summed E-state index contributed by atoms with van der Waals surface area (Å²) >= 11 is 0. The van der Waals surface area contributed by atoms with E-state index in [1.807, 2.05) is 6.92 Å². The minimum atomic E-state index is -9.07. The minimum absolute atomic E-state index is 0.175. The van der Waals surface area contributed by atoms with Gasteiger partial charge in [0.05, 0.1) is 0 Å². The molecule has 0 rings (SSSR count). The van der Waals surface area contributed by atoms with Crippen LogP contribution in [0.3, 0.4) is 0 Å². The highest BCUT2D eigenvalue weighted by Crippen LogP contribution is 2.65. The highest BCUT2D eigenvalue weighted by Gasteiger charge is 2.96. The molecule has 43 heavy (non-hydrogen) atoms. The molecule has 0 aliphatic carbocycles. The van der Waals surface area contributed by atoms with Gasteiger partial charge in [0.25, 0.3) is 0 Å². The van der Waals surface area contributed by atoms with Crippen LogP contribution in [-0.2, 0) is 9.53 Å². The van der Waals surface area contributed by atoms with Gasteiger partial charge >= 0.3 is 65.7 Å². The van der Waals surface area contributed by atoms with Gasteiger partial charge in [-0.15, -0.1) is 0 Å². The molecule has 22 heteroatoms. The molecule has 0 aromatic heterocycles. The fourth-order valence-corrected chi connectivity index (χ4v) is 3.12. The van der Waals surface area contributed by atoms with Crippen molar-refractivity contribution in [3.05, 3.63) is 0 Å². The van der Waals surface area contributed by atoms with E-state index < -0.39 is 78.7 Å². The lowest BCUT2D eigenvalue weighted by atomic mass is 9.86. The predicted octanol–water partition coefficient (Wildman–Crippen LogP) is 9.65. The van der Waals surface area contributed by atoms with Crippen molar-refractivity contribution >= 4 is 5.97 Å². The van der Waals surface area contributed by atoms with Gasteiger partial charge in [0.15, 0.2) is 6.61 Å². The molecule has 0 unspecified atom stereocenters. The maximum atomic E-state index is 13.8. The van der Waals surface area contributed by atoms with Crippen LogP contribution in [0.1, 0.15) is 58.3 Å². The topological polar surface area (TPSA) is 26.3 Å². The smallest absolute Gasteiger partial charge is 0.385 e. The van der Waals surface area contributed by atoms with Gasteiger partial charge in [0, 0.05) is 6.42 Å². The summed E-state index contributed by atoms with van der Waals surface area (Å²) in [6.45, 7) is -1.45. The van der Waals surface area contributed by atoms with Crippen LogP contribution in [0.15, 0.2) is 0 Å². The molecule has 0 atom stereocenters. The summed E-state index contributed by atoms with van der Waals surface area (Å²) < 4.78 is 271. The second-order valence-electron chi connectivity index (χ2n) is 9.18. The molecular formula is C21H22F20O2. The Kier molecular flexibility index (Phi) is 12.6. The quantitative estimate of drug-likeness (QED) is 0.0769. The Balaban J connectivity index is 6.13. The van der Waals surface area contributed by atoms with Crippen molar-refractivity contribution in [3.8, 4) is 0 Å². The fourth-order valence-electron chi connectivity index (χ4n) is 3.12. The SMILES string of the molecule is CCCCCCCCCC(=O)OCC(F)(F)C(F)(F)C(F)(F)C(F)(F)C(F)(F)C(F)(F)C(F)(F)C(F)(F)C(F)(F)C(F)F. The van der Waals surface area contributed by atoms with Crippen molar-refractivity contribution in [3.63, 3.8) is 0 Å². The first kappa shape index (κ1) is 41.1. The molecule has 0 saturated heterocycles. The molecule has 2 nitrogen and oxygen atoms in total. The molecule has 0 saturated carbocycles. The fraction of sp³-hybridized carbons (Fsp3) is 0.952. The predicted molar refractivity (Wildman–Crippen MR) is 104 cm³/mol. The van der Waals surface area contributed by atoms with E-state index in [0.717, 1.165) is 19.3 Å². The largest absolute Gasteiger partial charge is 0.459 e. The Morgan fingerprint density at radius 1 is 0.512 bits per heavy atom. The third kappa shape index (κ3) is 7.00. The number of hydrogen-bond acceptors (Lipinski definition) is 2. The van der Waals surface area contributed by atoms with Crippen LogP contribution in [0.4, 0.5) is 87.8 Å². The molecule has 0 bridgehead atoms. The van der Waals surface area contributed by atoms with Crippen LogP contribution >= 0.6 is 0 Å². The van der Waals surface area contributed by atoms with E-state index in [2.05, 4.69) is 4.74 Å². The Bertz CT molecular complexity index is 914. The summed E-state index contributed by atoms with van der Waals surface area (Å²) in [6, 6.07) is 0. The maximum Gasteiger partial charge on any atom is 0.385 e. The van der Waals surface area contributed by atoms with Crippen molar-refractivity contribution in [2.75, 3.05) is 6.61 Å². The zero-order valence-electron chi connectivity index (χ0n) is 21.3. The summed E-state index contributed by atoms with van der Waals surface area (Å²) in [6.07, 6.45) is -3.40. The Labute approximate surface area is 229 Å². The van der Waals surface area contributed by atoms with Gasteiger partial charge in [-0.2, -0.15) is 79.0 Å². The van der Waals surface area contributed by atoms with Crippen LogP contribution < -0.4 is 0 Å². The monoisotopic (exact) mass is 686 g/mol. The van der Waals surface area contributed by atoms with Crippen molar-refractivity contribution < 1.29 is 97.3 Å². The standard InChI is InChI=1S/C21H22F20O2/c1-2-3-4-5-6-7-8-9-11(42)43-10-13(24,25)15(28,29)17(32,33)19(36,37)21(40,41)20(38,39)18(34,35)16(30,31)14(26,27)12(22)23/h12H,2-10H2,1H3. The van der Waals surface area contributed by atoms with Crippen LogP contribution in [0, 0.1) is 0 Å². The molecular weight excluding hydrogens is 664 g/mol. The summed E-state index contributed by atoms with van der Waals surface area (Å²) in [4.78, 5) is 11.4. The lowest BCUT2D eigenvalue weighted by molar-refractivity contribution is -0.465. The highest BCUT2D eigenvalue weighted by molar-refractivity contribution is 5.69. The van der Waals surface area contributed by atoms with Crippen molar-refractivity contribution in [1.82, 2.24) is 0 Å². The molecule has 0 aliphatic rings. The molecule has 0 amide bonds. The number of alkyl halides is 20. The lowest BCUT2D eigenvalue weighted by Crippen LogP contribution is -2.76. The summed E-state index contributed by atoms with van der Waals surface area (Å²) in [5.74, 6) is -77.6. The van der Waals surface area contributed by atoms with E-state index in [-0.39, 0.29) is 12.8 Å². The summed E-state index contributed by atoms with van der Waals surface area (Å²) in [7, 11) is 0. The van der Waals surface area contributed by atoms with E-state index in [9.17, 15) is 92.6 Å². The molecule has 0 radical (unpaired) electrons. The molecule has 0 aliphatic heterocycles. The van der Waals surface area contributed by atoms with Gasteiger partial charge in [0.1, 0.15) is 0 Å². The number of rotatable bonds is 19. The first-order chi connectivity index (χ1) is 18.9. The number of carbonyl (C=O) groups is 1. The van der Waals surface area contributed by atoms with Gasteiger partial charge in [-0.1, -0.05) is 45.4 Å². The van der Waals surface area contributed by atoms with Gasteiger partial charge in [0.2, 0.25) is 0 Å². The van der Waals surface area contributed by atoms with Crippen LogP contribution in [-0.4, -0.2) is 72.3 Å². The molecule has 0 fully saturated rings. The van der Waals surface area contributed by atoms with E-state index in [4.69, 9.17) is 0 Å². The Morgan fingerprint density at radius 3 is 1.21 bits per heavy atom. The second kappa shape index (κ2) is 13.2. The molecule has 0 N–H and O–H groups in total. The summed E-state index contributed by atoms with van der Waals surface area (Å²) in [5.41, 5.74) is 0. The van der Waals surface area contributed by atoms with E-state index in [1.165, 1.54) is 0 Å². The number of hydrogen-bond donors (Lipinski definition) is 0. The van der Waals surface area contributed by atoms with E-state index in [0.29, 0.717) is 12.8 Å². The zero-order chi connectivity index (χ0) is 34.7. The lowest BCUT2D eigenvalue weighted by Gasteiger charge is -2.44. The van der Waals surface area contributed by atoms with E-state index >= 15 is 0 Å². The Morgan fingerprint density at radius 2 is 0.837 bits per heavy atom. The van der Waals surface area contributed by atoms with Crippen molar-refractivity contribution in [2.24, 2.45) is 0 Å². The number of esters is 1. The molecule has 0 spiro atoms. The van der Waals surface area contributed by atoms with Crippen molar-refractivity contribution in [1.29, 1.82) is 0 Å². The summed E-state index contributed by atoms with van der Waals surface area (Å²) in [5, 5.41) is 0. The van der Waals surface area contributed by atoms with Crippen molar-refractivity contribution in [2.45, 2.75) is 118 Å². The van der Waals surface area contributed by atoms with Gasteiger partial charge in [-0.3, -0.25) is 4.79 Å². The van der Waals surface area contributed by atoms with Gasteiger partial charge in [-0.05, 0) is 6.42 Å². The number of unbranched alkanes of at least 4 members (excludes halogenated alkanes) is 6. The molecule has 0 aromatic carbocycles. The normalized spacial score (nSPS) is 15.3. The molecule has 0 heterocycles. The third-order valence-electron chi connectivity index (χ3n) is 5.92. The molecule has 0 aromatic rings. The first-order valence-corrected chi connectivity index (χ1v) is 11.7. The average molecular weight is 686 g/mol. The maximum absolute atomic E-state index is 13.8. The van der Waals surface area contributed by atoms with Gasteiger partial charge in [-0.25, -0.2) is 8.78 Å². The Hall–Kier alpha value is -1.93. The van der Waals surface area contributed by atoms with Crippen LogP contribution in [0.2, 0.25) is 0 Å². The highest BCUT2D eigenvalue weighted by atomic mass is 19.4. The number of ether oxygens (including phenoxy) is 1. The van der Waals surface area contributed by atoms with Crippen LogP contribution in [0.5, 0.6) is 0 Å². The van der Waals surface area contributed by atoms with E-state index in [1.54, 1.807) is 0 Å². The minimum Gasteiger partial charge on any atom is -0.459 e.